The van der Waals surface area contributed by atoms with Crippen LogP contribution in [0.4, 0.5) is 0 Å². The van der Waals surface area contributed by atoms with Gasteiger partial charge in [0.25, 0.3) is 0 Å². The molecule has 0 aromatic rings. The maximum absolute atomic E-state index is 11.4. The number of carbonyl (C=O) groups is 1. The minimum Gasteiger partial charge on any atom is -0.480 e. The van der Waals surface area contributed by atoms with E-state index in [0.29, 0.717) is 12.8 Å². The Kier molecular flexibility index (Phi) is 5.39. The Labute approximate surface area is 103 Å². The fraction of sp³-hybridized carbons (Fsp3) is 0.909. The summed E-state index contributed by atoms with van der Waals surface area (Å²) in [5.74, 6) is -0.581. The molecule has 1 aliphatic heterocycles. The van der Waals surface area contributed by atoms with Crippen LogP contribution in [0.2, 0.25) is 0 Å². The van der Waals surface area contributed by atoms with Gasteiger partial charge in [0.15, 0.2) is 9.84 Å². The fourth-order valence-corrected chi connectivity index (χ4v) is 3.77. The lowest BCUT2D eigenvalue weighted by atomic mass is 10.1. The quantitative estimate of drug-likeness (QED) is 0.740. The third kappa shape index (κ3) is 5.04. The number of aliphatic carboxylic acids is 1. The molecule has 2 unspecified atom stereocenters. The first-order valence-electron chi connectivity index (χ1n) is 6.14. The summed E-state index contributed by atoms with van der Waals surface area (Å²) in [7, 11) is -2.98. The van der Waals surface area contributed by atoms with Crippen LogP contribution in [0.25, 0.3) is 0 Å². The molecule has 0 spiro atoms. The van der Waals surface area contributed by atoms with E-state index in [9.17, 15) is 13.2 Å². The van der Waals surface area contributed by atoms with Gasteiger partial charge in [-0.25, -0.2) is 8.42 Å². The van der Waals surface area contributed by atoms with Gasteiger partial charge in [0, 0.05) is 6.04 Å². The van der Waals surface area contributed by atoms with Gasteiger partial charge in [-0.1, -0.05) is 19.8 Å². The topological polar surface area (TPSA) is 83.5 Å². The van der Waals surface area contributed by atoms with Gasteiger partial charge in [-0.3, -0.25) is 4.79 Å². The van der Waals surface area contributed by atoms with Crippen molar-refractivity contribution in [3.8, 4) is 0 Å². The van der Waals surface area contributed by atoms with E-state index in [0.717, 1.165) is 19.3 Å². The molecule has 0 aliphatic carbocycles. The smallest absolute Gasteiger partial charge is 0.320 e. The fourth-order valence-electron chi connectivity index (χ4n) is 2.13. The zero-order chi connectivity index (χ0) is 12.9. The van der Waals surface area contributed by atoms with E-state index in [1.807, 2.05) is 6.92 Å². The molecular weight excluding hydrogens is 242 g/mol. The number of rotatable bonds is 6. The van der Waals surface area contributed by atoms with Gasteiger partial charge in [0.1, 0.15) is 6.04 Å². The average Bonchev–Trinajstić information content (AvgIpc) is 2.22. The van der Waals surface area contributed by atoms with Crippen molar-refractivity contribution in [1.82, 2.24) is 5.32 Å². The number of unbranched alkanes of at least 4 members (excludes halogenated alkanes) is 1. The predicted molar refractivity (Wildman–Crippen MR) is 65.8 cm³/mol. The highest BCUT2D eigenvalue weighted by molar-refractivity contribution is 7.91. The molecule has 5 nitrogen and oxygen atoms in total. The van der Waals surface area contributed by atoms with Crippen LogP contribution in [0, 0.1) is 0 Å². The van der Waals surface area contributed by atoms with E-state index in [2.05, 4.69) is 5.32 Å². The van der Waals surface area contributed by atoms with E-state index in [1.165, 1.54) is 0 Å². The van der Waals surface area contributed by atoms with Crippen LogP contribution >= 0.6 is 0 Å². The molecular formula is C11H21NO4S. The van der Waals surface area contributed by atoms with Crippen LogP contribution in [0.5, 0.6) is 0 Å². The minimum atomic E-state index is -2.98. The second-order valence-electron chi connectivity index (χ2n) is 4.65. The van der Waals surface area contributed by atoms with E-state index < -0.39 is 21.8 Å². The molecule has 100 valence electrons. The molecule has 1 rings (SSSR count). The molecule has 2 N–H and O–H groups in total. The van der Waals surface area contributed by atoms with Crippen molar-refractivity contribution in [3.63, 3.8) is 0 Å². The molecule has 0 aromatic heterocycles. The van der Waals surface area contributed by atoms with Crippen LogP contribution in [-0.4, -0.2) is 43.1 Å². The molecule has 0 bridgehead atoms. The average molecular weight is 263 g/mol. The Balaban J connectivity index is 2.51. The van der Waals surface area contributed by atoms with E-state index in [4.69, 9.17) is 5.11 Å². The third-order valence-corrected chi connectivity index (χ3v) is 4.87. The SMILES string of the molecule is CCCCC(NC1CCCS(=O)(=O)C1)C(=O)O. The van der Waals surface area contributed by atoms with Crippen LogP contribution in [-0.2, 0) is 14.6 Å². The van der Waals surface area contributed by atoms with Gasteiger partial charge in [-0.05, 0) is 19.3 Å². The highest BCUT2D eigenvalue weighted by atomic mass is 32.2. The summed E-state index contributed by atoms with van der Waals surface area (Å²) < 4.78 is 22.9. The summed E-state index contributed by atoms with van der Waals surface area (Å²) in [5.41, 5.74) is 0. The first kappa shape index (κ1) is 14.4. The zero-order valence-corrected chi connectivity index (χ0v) is 11.0. The first-order chi connectivity index (χ1) is 7.94. The molecule has 17 heavy (non-hydrogen) atoms. The molecule has 1 fully saturated rings. The summed E-state index contributed by atoms with van der Waals surface area (Å²) in [5, 5.41) is 12.0. The molecule has 1 aliphatic rings. The predicted octanol–water partition coefficient (Wildman–Crippen LogP) is 0.797. The summed E-state index contributed by atoms with van der Waals surface area (Å²) >= 11 is 0. The third-order valence-electron chi connectivity index (χ3n) is 3.04. The summed E-state index contributed by atoms with van der Waals surface area (Å²) in [6, 6.07) is -0.819. The van der Waals surface area contributed by atoms with Gasteiger partial charge in [0.05, 0.1) is 11.5 Å². The number of carboxylic acid groups (broad SMARTS) is 1. The Morgan fingerprint density at radius 3 is 2.76 bits per heavy atom. The van der Waals surface area contributed by atoms with Crippen molar-refractivity contribution < 1.29 is 18.3 Å². The van der Waals surface area contributed by atoms with Crippen molar-refractivity contribution in [3.05, 3.63) is 0 Å². The number of hydrogen-bond donors (Lipinski definition) is 2. The first-order valence-corrected chi connectivity index (χ1v) is 7.96. The second-order valence-corrected chi connectivity index (χ2v) is 6.88. The number of sulfone groups is 1. The Bertz CT molecular complexity index is 352. The lowest BCUT2D eigenvalue weighted by molar-refractivity contribution is -0.139. The van der Waals surface area contributed by atoms with Crippen molar-refractivity contribution in [1.29, 1.82) is 0 Å². The summed E-state index contributed by atoms with van der Waals surface area (Å²) in [4.78, 5) is 11.0. The van der Waals surface area contributed by atoms with Crippen molar-refractivity contribution in [2.45, 2.75) is 51.1 Å². The maximum Gasteiger partial charge on any atom is 0.320 e. The Hall–Kier alpha value is -0.620. The second kappa shape index (κ2) is 6.35. The van der Waals surface area contributed by atoms with E-state index in [1.54, 1.807) is 0 Å². The minimum absolute atomic E-state index is 0.0723. The molecule has 6 heteroatoms. The Morgan fingerprint density at radius 2 is 2.24 bits per heavy atom. The van der Waals surface area contributed by atoms with Crippen molar-refractivity contribution in [2.24, 2.45) is 0 Å². The number of hydrogen-bond acceptors (Lipinski definition) is 4. The molecule has 0 radical (unpaired) electrons. The molecule has 0 saturated carbocycles. The molecule has 2 atom stereocenters. The highest BCUT2D eigenvalue weighted by Gasteiger charge is 2.28. The van der Waals surface area contributed by atoms with Crippen LogP contribution in [0.3, 0.4) is 0 Å². The monoisotopic (exact) mass is 263 g/mol. The molecule has 0 aromatic carbocycles. The Morgan fingerprint density at radius 1 is 1.53 bits per heavy atom. The van der Waals surface area contributed by atoms with Gasteiger partial charge < -0.3 is 10.4 Å². The largest absolute Gasteiger partial charge is 0.480 e. The van der Waals surface area contributed by atoms with Crippen LogP contribution in [0.1, 0.15) is 39.0 Å². The summed E-state index contributed by atoms with van der Waals surface area (Å²) in [6.07, 6.45) is 3.70. The van der Waals surface area contributed by atoms with Crippen molar-refractivity contribution >= 4 is 15.8 Å². The maximum atomic E-state index is 11.4. The molecule has 1 heterocycles. The van der Waals surface area contributed by atoms with Gasteiger partial charge >= 0.3 is 5.97 Å². The lowest BCUT2D eigenvalue weighted by Gasteiger charge is -2.26. The standard InChI is InChI=1S/C11H21NO4S/c1-2-3-6-10(11(13)14)12-9-5-4-7-17(15,16)8-9/h9-10,12H,2-8H2,1H3,(H,13,14). The molecule has 1 saturated heterocycles. The highest BCUT2D eigenvalue weighted by Crippen LogP contribution is 2.14. The van der Waals surface area contributed by atoms with Crippen LogP contribution in [0.15, 0.2) is 0 Å². The van der Waals surface area contributed by atoms with Gasteiger partial charge in [-0.15, -0.1) is 0 Å². The lowest BCUT2D eigenvalue weighted by Crippen LogP contribution is -2.48. The van der Waals surface area contributed by atoms with Crippen LogP contribution < -0.4 is 5.32 Å². The van der Waals surface area contributed by atoms with Gasteiger partial charge in [0.2, 0.25) is 0 Å². The van der Waals surface area contributed by atoms with E-state index in [-0.39, 0.29) is 17.5 Å². The normalized spacial score (nSPS) is 25.4. The number of nitrogens with one attached hydrogen (secondary N) is 1. The molecule has 0 amide bonds. The zero-order valence-electron chi connectivity index (χ0n) is 10.2. The summed E-state index contributed by atoms with van der Waals surface area (Å²) in [6.45, 7) is 2.00. The van der Waals surface area contributed by atoms with Crippen molar-refractivity contribution in [2.75, 3.05) is 11.5 Å². The van der Waals surface area contributed by atoms with E-state index >= 15 is 0 Å². The number of carboxylic acids is 1. The van der Waals surface area contributed by atoms with Gasteiger partial charge in [-0.2, -0.15) is 0 Å².